The summed E-state index contributed by atoms with van der Waals surface area (Å²) >= 11 is 0. The first-order chi connectivity index (χ1) is 16.2. The molecular formula is C30H58O4. The van der Waals surface area contributed by atoms with E-state index in [-0.39, 0.29) is 17.9 Å². The zero-order valence-electron chi connectivity index (χ0n) is 23.7. The molecule has 2 atom stereocenters. The zero-order chi connectivity index (χ0) is 25.6. The predicted molar refractivity (Wildman–Crippen MR) is 144 cm³/mol. The Labute approximate surface area is 212 Å². The van der Waals surface area contributed by atoms with Crippen molar-refractivity contribution in [3.05, 3.63) is 0 Å². The van der Waals surface area contributed by atoms with Gasteiger partial charge in [0.15, 0.2) is 0 Å². The second-order valence-electron chi connectivity index (χ2n) is 11.3. The van der Waals surface area contributed by atoms with Gasteiger partial charge in [0.05, 0.1) is 19.1 Å². The molecule has 4 nitrogen and oxygen atoms in total. The van der Waals surface area contributed by atoms with Gasteiger partial charge in [0.1, 0.15) is 0 Å². The van der Waals surface area contributed by atoms with E-state index in [0.717, 1.165) is 44.9 Å². The first-order valence-corrected chi connectivity index (χ1v) is 14.6. The van der Waals surface area contributed by atoms with Crippen LogP contribution in [0.4, 0.5) is 0 Å². The van der Waals surface area contributed by atoms with Crippen molar-refractivity contribution in [1.82, 2.24) is 0 Å². The van der Waals surface area contributed by atoms with Crippen molar-refractivity contribution >= 4 is 11.9 Å². The highest BCUT2D eigenvalue weighted by Crippen LogP contribution is 2.21. The fourth-order valence-corrected chi connectivity index (χ4v) is 4.18. The Hall–Kier alpha value is -1.06. The minimum atomic E-state index is -0.0222. The highest BCUT2D eigenvalue weighted by molar-refractivity contribution is 5.72. The lowest BCUT2D eigenvalue weighted by molar-refractivity contribution is -0.150. The van der Waals surface area contributed by atoms with E-state index in [2.05, 4.69) is 34.6 Å². The third-order valence-corrected chi connectivity index (χ3v) is 6.87. The number of esters is 2. The van der Waals surface area contributed by atoms with E-state index in [1.807, 2.05) is 6.92 Å². The summed E-state index contributed by atoms with van der Waals surface area (Å²) in [6.07, 6.45) is 18.2. The summed E-state index contributed by atoms with van der Waals surface area (Å²) in [6, 6.07) is 0. The Balaban J connectivity index is 3.46. The van der Waals surface area contributed by atoms with Crippen LogP contribution in [0.2, 0.25) is 0 Å². The fourth-order valence-electron chi connectivity index (χ4n) is 4.18. The van der Waals surface area contributed by atoms with E-state index in [1.165, 1.54) is 51.4 Å². The van der Waals surface area contributed by atoms with Gasteiger partial charge in [0.2, 0.25) is 0 Å². The second-order valence-corrected chi connectivity index (χ2v) is 11.3. The maximum absolute atomic E-state index is 12.2. The average Bonchev–Trinajstić information content (AvgIpc) is 2.79. The van der Waals surface area contributed by atoms with Crippen LogP contribution in [0.1, 0.15) is 144 Å². The molecule has 0 aromatic carbocycles. The summed E-state index contributed by atoms with van der Waals surface area (Å²) in [5.74, 6) is 1.71. The molecule has 4 heteroatoms. The molecule has 0 radical (unpaired) electrons. The molecule has 0 N–H and O–H groups in total. The van der Waals surface area contributed by atoms with E-state index < -0.39 is 0 Å². The van der Waals surface area contributed by atoms with Crippen LogP contribution in [0, 0.1) is 23.7 Å². The number of hydrogen-bond acceptors (Lipinski definition) is 4. The van der Waals surface area contributed by atoms with Crippen molar-refractivity contribution in [1.29, 1.82) is 0 Å². The standard InChI is InChI=1S/C30H58O4/c1-25(2)19-17-23-33-29(31)22-16-14-12-10-8-7-9-11-13-15-21-27(5)28(6)30(32)34-24-18-20-26(3)4/h25-28H,7-24H2,1-6H3. The Kier molecular flexibility index (Phi) is 21.7. The zero-order valence-corrected chi connectivity index (χ0v) is 23.7. The molecule has 0 aliphatic carbocycles. The maximum Gasteiger partial charge on any atom is 0.308 e. The van der Waals surface area contributed by atoms with Crippen LogP contribution in [0.3, 0.4) is 0 Å². The number of rotatable bonds is 23. The molecule has 0 bridgehead atoms. The molecule has 2 unspecified atom stereocenters. The van der Waals surface area contributed by atoms with Crippen LogP contribution >= 0.6 is 0 Å². The number of hydrogen-bond donors (Lipinski definition) is 0. The van der Waals surface area contributed by atoms with Crippen molar-refractivity contribution in [2.75, 3.05) is 13.2 Å². The largest absolute Gasteiger partial charge is 0.466 e. The smallest absolute Gasteiger partial charge is 0.308 e. The van der Waals surface area contributed by atoms with Gasteiger partial charge in [-0.2, -0.15) is 0 Å². The molecule has 202 valence electrons. The number of carbonyl (C=O) groups excluding carboxylic acids is 2. The van der Waals surface area contributed by atoms with E-state index >= 15 is 0 Å². The Morgan fingerprint density at radius 2 is 0.971 bits per heavy atom. The molecular weight excluding hydrogens is 424 g/mol. The molecule has 0 saturated heterocycles. The maximum atomic E-state index is 12.2. The number of unbranched alkanes of at least 4 members (excludes halogenated alkanes) is 9. The number of ether oxygens (including phenoxy) is 2. The van der Waals surface area contributed by atoms with Gasteiger partial charge in [-0.3, -0.25) is 9.59 Å². The predicted octanol–water partition coefficient (Wildman–Crippen LogP) is 8.90. The Morgan fingerprint density at radius 1 is 0.529 bits per heavy atom. The molecule has 0 aromatic rings. The van der Waals surface area contributed by atoms with Crippen LogP contribution in [0.5, 0.6) is 0 Å². The minimum absolute atomic E-state index is 0.00535. The van der Waals surface area contributed by atoms with Gasteiger partial charge in [-0.25, -0.2) is 0 Å². The van der Waals surface area contributed by atoms with Gasteiger partial charge in [-0.15, -0.1) is 0 Å². The van der Waals surface area contributed by atoms with Crippen LogP contribution in [-0.4, -0.2) is 25.2 Å². The summed E-state index contributed by atoms with van der Waals surface area (Å²) in [6.45, 7) is 14.2. The first kappa shape index (κ1) is 32.9. The van der Waals surface area contributed by atoms with E-state index in [9.17, 15) is 9.59 Å². The summed E-state index contributed by atoms with van der Waals surface area (Å²) in [5.41, 5.74) is 0. The summed E-state index contributed by atoms with van der Waals surface area (Å²) in [7, 11) is 0. The summed E-state index contributed by atoms with van der Waals surface area (Å²) in [4.78, 5) is 23.9. The van der Waals surface area contributed by atoms with Gasteiger partial charge in [-0.05, 0) is 56.3 Å². The van der Waals surface area contributed by atoms with Gasteiger partial charge in [0.25, 0.3) is 0 Å². The van der Waals surface area contributed by atoms with Gasteiger partial charge in [-0.1, -0.05) is 99.3 Å². The molecule has 0 fully saturated rings. The normalized spacial score (nSPS) is 13.3. The monoisotopic (exact) mass is 482 g/mol. The van der Waals surface area contributed by atoms with Crippen molar-refractivity contribution in [2.45, 2.75) is 144 Å². The van der Waals surface area contributed by atoms with Gasteiger partial charge in [0, 0.05) is 6.42 Å². The second kappa shape index (κ2) is 22.4. The van der Waals surface area contributed by atoms with Crippen LogP contribution in [-0.2, 0) is 19.1 Å². The lowest BCUT2D eigenvalue weighted by Crippen LogP contribution is -2.22. The molecule has 0 aliphatic rings. The van der Waals surface area contributed by atoms with Crippen LogP contribution in [0.15, 0.2) is 0 Å². The van der Waals surface area contributed by atoms with E-state index in [1.54, 1.807) is 0 Å². The Bertz CT molecular complexity index is 486. The lowest BCUT2D eigenvalue weighted by atomic mass is 9.90. The first-order valence-electron chi connectivity index (χ1n) is 14.6. The van der Waals surface area contributed by atoms with E-state index in [4.69, 9.17) is 9.47 Å². The van der Waals surface area contributed by atoms with Crippen molar-refractivity contribution in [3.63, 3.8) is 0 Å². The van der Waals surface area contributed by atoms with Crippen LogP contribution in [0.25, 0.3) is 0 Å². The summed E-state index contributed by atoms with van der Waals surface area (Å²) in [5, 5.41) is 0. The van der Waals surface area contributed by atoms with Crippen molar-refractivity contribution in [3.8, 4) is 0 Å². The molecule has 34 heavy (non-hydrogen) atoms. The molecule has 0 saturated carbocycles. The highest BCUT2D eigenvalue weighted by Gasteiger charge is 2.21. The Morgan fingerprint density at radius 3 is 1.47 bits per heavy atom. The van der Waals surface area contributed by atoms with Crippen LogP contribution < -0.4 is 0 Å². The molecule has 0 aliphatic heterocycles. The third kappa shape index (κ3) is 21.5. The molecule has 0 spiro atoms. The molecule has 0 aromatic heterocycles. The summed E-state index contributed by atoms with van der Waals surface area (Å²) < 4.78 is 10.7. The third-order valence-electron chi connectivity index (χ3n) is 6.87. The van der Waals surface area contributed by atoms with Gasteiger partial charge >= 0.3 is 11.9 Å². The SMILES string of the molecule is CC(C)CCCOC(=O)CCCCCCCCCCCCC(C)C(C)C(=O)OCCCC(C)C. The quantitative estimate of drug-likeness (QED) is 0.108. The average molecular weight is 483 g/mol. The van der Waals surface area contributed by atoms with E-state index in [0.29, 0.717) is 37.4 Å². The van der Waals surface area contributed by atoms with Crippen molar-refractivity contribution in [2.24, 2.45) is 23.7 Å². The minimum Gasteiger partial charge on any atom is -0.466 e. The topological polar surface area (TPSA) is 52.6 Å². The van der Waals surface area contributed by atoms with Crippen molar-refractivity contribution < 1.29 is 19.1 Å². The highest BCUT2D eigenvalue weighted by atomic mass is 16.5. The lowest BCUT2D eigenvalue weighted by Gasteiger charge is -2.18. The molecule has 0 rings (SSSR count). The number of carbonyl (C=O) groups is 2. The van der Waals surface area contributed by atoms with Gasteiger partial charge < -0.3 is 9.47 Å². The fraction of sp³-hybridized carbons (Fsp3) is 0.933. The molecule has 0 heterocycles. The molecule has 0 amide bonds.